The Hall–Kier alpha value is -0.570. The summed E-state index contributed by atoms with van der Waals surface area (Å²) in [7, 11) is 0. The topological polar surface area (TPSA) is 40.5 Å². The molecule has 1 saturated heterocycles. The van der Waals surface area contributed by atoms with Crippen LogP contribution in [0, 0.1) is 17.8 Å². The number of likely N-dealkylation sites (tertiary alicyclic amines) is 1. The van der Waals surface area contributed by atoms with Gasteiger partial charge in [0.05, 0.1) is 0 Å². The largest absolute Gasteiger partial charge is 0.480 e. The molecule has 0 radical (unpaired) electrons. The summed E-state index contributed by atoms with van der Waals surface area (Å²) in [5, 5.41) is 9.14. The van der Waals surface area contributed by atoms with Crippen molar-refractivity contribution in [3.05, 3.63) is 0 Å². The van der Waals surface area contributed by atoms with Gasteiger partial charge in [0, 0.05) is 13.1 Å². The lowest BCUT2D eigenvalue weighted by atomic mass is 9.86. The van der Waals surface area contributed by atoms with Crippen LogP contribution < -0.4 is 0 Å². The molecule has 0 aromatic heterocycles. The summed E-state index contributed by atoms with van der Waals surface area (Å²) >= 11 is 0. The summed E-state index contributed by atoms with van der Waals surface area (Å²) in [6, 6.07) is -0.264. The molecule has 3 heteroatoms. The summed E-state index contributed by atoms with van der Waals surface area (Å²) in [5.74, 6) is 1.16. The second kappa shape index (κ2) is 4.97. The van der Waals surface area contributed by atoms with E-state index >= 15 is 0 Å². The minimum absolute atomic E-state index is 0.264. The minimum Gasteiger partial charge on any atom is -0.480 e. The molecule has 1 aliphatic heterocycles. The summed E-state index contributed by atoms with van der Waals surface area (Å²) < 4.78 is 0. The van der Waals surface area contributed by atoms with E-state index in [0.717, 1.165) is 19.5 Å². The lowest BCUT2D eigenvalue weighted by Crippen LogP contribution is -2.56. The van der Waals surface area contributed by atoms with Crippen LogP contribution in [0.25, 0.3) is 0 Å². The second-order valence-corrected chi connectivity index (χ2v) is 5.44. The first kappa shape index (κ1) is 12.5. The molecule has 15 heavy (non-hydrogen) atoms. The summed E-state index contributed by atoms with van der Waals surface area (Å²) in [6.45, 7) is 10.5. The molecule has 1 atom stereocenters. The highest BCUT2D eigenvalue weighted by atomic mass is 16.4. The van der Waals surface area contributed by atoms with Gasteiger partial charge in [-0.2, -0.15) is 0 Å². The van der Waals surface area contributed by atoms with E-state index in [4.69, 9.17) is 5.11 Å². The lowest BCUT2D eigenvalue weighted by molar-refractivity contribution is -0.147. The summed E-state index contributed by atoms with van der Waals surface area (Å²) in [5.41, 5.74) is 0. The molecule has 88 valence electrons. The van der Waals surface area contributed by atoms with Crippen LogP contribution in [0.15, 0.2) is 0 Å². The third-order valence-electron chi connectivity index (χ3n) is 3.30. The van der Waals surface area contributed by atoms with E-state index in [1.807, 2.05) is 0 Å². The Morgan fingerprint density at radius 2 is 1.87 bits per heavy atom. The standard InChI is InChI=1S/C12H23NO2/c1-8(2)5-11(12(14)15)13-6-10(7-13)9(3)4/h8-11H,5-7H2,1-4H3,(H,14,15). The molecule has 0 aromatic rings. The maximum atomic E-state index is 11.1. The van der Waals surface area contributed by atoms with Crippen LogP contribution in [0.5, 0.6) is 0 Å². The van der Waals surface area contributed by atoms with Crippen LogP contribution >= 0.6 is 0 Å². The van der Waals surface area contributed by atoms with Gasteiger partial charge in [0.2, 0.25) is 0 Å². The third kappa shape index (κ3) is 3.20. The van der Waals surface area contributed by atoms with Crippen LogP contribution in [0.4, 0.5) is 0 Å². The van der Waals surface area contributed by atoms with Crippen molar-refractivity contribution < 1.29 is 9.90 Å². The molecular weight excluding hydrogens is 190 g/mol. The Balaban J connectivity index is 2.43. The van der Waals surface area contributed by atoms with Gasteiger partial charge in [-0.05, 0) is 24.2 Å². The maximum Gasteiger partial charge on any atom is 0.320 e. The molecule has 0 spiro atoms. The smallest absolute Gasteiger partial charge is 0.320 e. The van der Waals surface area contributed by atoms with Crippen LogP contribution in [0.1, 0.15) is 34.1 Å². The molecule has 1 aliphatic rings. The first-order chi connectivity index (χ1) is 6.91. The number of carbonyl (C=O) groups is 1. The molecule has 1 rings (SSSR count). The highest BCUT2D eigenvalue weighted by molar-refractivity contribution is 5.73. The van der Waals surface area contributed by atoms with E-state index in [1.165, 1.54) is 0 Å². The van der Waals surface area contributed by atoms with Gasteiger partial charge in [0.1, 0.15) is 6.04 Å². The van der Waals surface area contributed by atoms with Gasteiger partial charge in [-0.25, -0.2) is 0 Å². The molecule has 1 N–H and O–H groups in total. The molecule has 0 saturated carbocycles. The number of carboxylic acids is 1. The molecule has 0 aliphatic carbocycles. The molecule has 3 nitrogen and oxygen atoms in total. The number of aliphatic carboxylic acids is 1. The number of hydrogen-bond acceptors (Lipinski definition) is 2. The number of carboxylic acid groups (broad SMARTS) is 1. The Morgan fingerprint density at radius 3 is 2.20 bits per heavy atom. The van der Waals surface area contributed by atoms with E-state index in [-0.39, 0.29) is 6.04 Å². The molecule has 1 heterocycles. The zero-order chi connectivity index (χ0) is 11.6. The highest BCUT2D eigenvalue weighted by Gasteiger charge is 2.37. The Kier molecular flexibility index (Phi) is 4.14. The highest BCUT2D eigenvalue weighted by Crippen LogP contribution is 2.27. The van der Waals surface area contributed by atoms with E-state index in [0.29, 0.717) is 17.8 Å². The van der Waals surface area contributed by atoms with E-state index in [1.54, 1.807) is 0 Å². The second-order valence-electron chi connectivity index (χ2n) is 5.44. The summed E-state index contributed by atoms with van der Waals surface area (Å²) in [6.07, 6.45) is 0.764. The van der Waals surface area contributed by atoms with Crippen LogP contribution in [-0.4, -0.2) is 35.1 Å². The van der Waals surface area contributed by atoms with Gasteiger partial charge in [0.25, 0.3) is 0 Å². The SMILES string of the molecule is CC(C)CC(C(=O)O)N1CC(C(C)C)C1. The molecule has 0 bridgehead atoms. The van der Waals surface area contributed by atoms with Crippen LogP contribution in [0.2, 0.25) is 0 Å². The molecule has 1 unspecified atom stereocenters. The van der Waals surface area contributed by atoms with Gasteiger partial charge in [-0.1, -0.05) is 27.7 Å². The van der Waals surface area contributed by atoms with Gasteiger partial charge in [-0.15, -0.1) is 0 Å². The average Bonchev–Trinajstić information content (AvgIpc) is 1.97. The average molecular weight is 213 g/mol. The fourth-order valence-electron chi connectivity index (χ4n) is 2.08. The van der Waals surface area contributed by atoms with Crippen LogP contribution in [-0.2, 0) is 4.79 Å². The monoisotopic (exact) mass is 213 g/mol. The van der Waals surface area contributed by atoms with Crippen molar-refractivity contribution in [1.82, 2.24) is 4.90 Å². The Morgan fingerprint density at radius 1 is 1.33 bits per heavy atom. The van der Waals surface area contributed by atoms with E-state index in [2.05, 4.69) is 32.6 Å². The quantitative estimate of drug-likeness (QED) is 0.760. The number of rotatable bonds is 5. The predicted octanol–water partition coefficient (Wildman–Crippen LogP) is 2.07. The molecular formula is C12H23NO2. The van der Waals surface area contributed by atoms with Crippen molar-refractivity contribution in [3.63, 3.8) is 0 Å². The van der Waals surface area contributed by atoms with Crippen LogP contribution in [0.3, 0.4) is 0 Å². The van der Waals surface area contributed by atoms with Crippen molar-refractivity contribution in [2.45, 2.75) is 40.2 Å². The maximum absolute atomic E-state index is 11.1. The molecule has 1 fully saturated rings. The fraction of sp³-hybridized carbons (Fsp3) is 0.917. The normalized spacial score (nSPS) is 20.7. The van der Waals surface area contributed by atoms with Gasteiger partial charge < -0.3 is 5.11 Å². The molecule has 0 aromatic carbocycles. The van der Waals surface area contributed by atoms with Crippen molar-refractivity contribution in [3.8, 4) is 0 Å². The zero-order valence-corrected chi connectivity index (χ0v) is 10.2. The van der Waals surface area contributed by atoms with Gasteiger partial charge in [-0.3, -0.25) is 9.69 Å². The van der Waals surface area contributed by atoms with Gasteiger partial charge >= 0.3 is 5.97 Å². The lowest BCUT2D eigenvalue weighted by Gasteiger charge is -2.45. The third-order valence-corrected chi connectivity index (χ3v) is 3.30. The Labute approximate surface area is 92.5 Å². The van der Waals surface area contributed by atoms with Crippen molar-refractivity contribution >= 4 is 5.97 Å². The van der Waals surface area contributed by atoms with E-state index < -0.39 is 5.97 Å². The van der Waals surface area contributed by atoms with Crippen molar-refractivity contribution in [2.75, 3.05) is 13.1 Å². The summed E-state index contributed by atoms with van der Waals surface area (Å²) in [4.78, 5) is 13.2. The predicted molar refractivity (Wildman–Crippen MR) is 60.8 cm³/mol. The van der Waals surface area contributed by atoms with E-state index in [9.17, 15) is 4.79 Å². The Bertz CT molecular complexity index is 220. The number of nitrogens with zero attached hydrogens (tertiary/aromatic N) is 1. The van der Waals surface area contributed by atoms with Crippen molar-refractivity contribution in [2.24, 2.45) is 17.8 Å². The first-order valence-corrected chi connectivity index (χ1v) is 5.88. The van der Waals surface area contributed by atoms with Gasteiger partial charge in [0.15, 0.2) is 0 Å². The fourth-order valence-corrected chi connectivity index (χ4v) is 2.08. The first-order valence-electron chi connectivity index (χ1n) is 5.88. The zero-order valence-electron chi connectivity index (χ0n) is 10.2. The number of hydrogen-bond donors (Lipinski definition) is 1. The minimum atomic E-state index is -0.661. The molecule has 0 amide bonds. The van der Waals surface area contributed by atoms with Crippen molar-refractivity contribution in [1.29, 1.82) is 0 Å².